The van der Waals surface area contributed by atoms with Gasteiger partial charge in [-0.1, -0.05) is 5.16 Å². The number of aromatic nitrogens is 2. The summed E-state index contributed by atoms with van der Waals surface area (Å²) in [5, 5.41) is 12.1. The summed E-state index contributed by atoms with van der Waals surface area (Å²) in [6, 6.07) is 6.40. The summed E-state index contributed by atoms with van der Waals surface area (Å²) >= 11 is 0. The van der Waals surface area contributed by atoms with Crippen LogP contribution in [0.25, 0.3) is 11.4 Å². The lowest BCUT2D eigenvalue weighted by atomic mass is 10.1. The largest absolute Gasteiger partial charge is 0.338 e. The molecule has 2 rings (SSSR count). The van der Waals surface area contributed by atoms with Crippen molar-refractivity contribution in [3.8, 4) is 17.5 Å². The zero-order valence-corrected chi connectivity index (χ0v) is 8.57. The van der Waals surface area contributed by atoms with E-state index in [1.165, 1.54) is 12.1 Å². The van der Waals surface area contributed by atoms with Crippen LogP contribution in [0, 0.1) is 24.1 Å². The molecule has 5 heteroatoms. The van der Waals surface area contributed by atoms with Crippen LogP contribution < -0.4 is 0 Å². The summed E-state index contributed by atoms with van der Waals surface area (Å²) in [4.78, 5) is 3.99. The third-order valence-electron chi connectivity index (χ3n) is 2.00. The van der Waals surface area contributed by atoms with Gasteiger partial charge >= 0.3 is 0 Å². The molecule has 16 heavy (non-hydrogen) atoms. The van der Waals surface area contributed by atoms with Gasteiger partial charge in [-0.15, -0.1) is 0 Å². The smallest absolute Gasteiger partial charge is 0.241 e. The predicted molar refractivity (Wildman–Crippen MR) is 53.7 cm³/mol. The van der Waals surface area contributed by atoms with Crippen molar-refractivity contribution in [2.45, 2.75) is 13.3 Å². The van der Waals surface area contributed by atoms with Crippen LogP contribution in [-0.4, -0.2) is 10.1 Å². The fourth-order valence-corrected chi connectivity index (χ4v) is 1.38. The van der Waals surface area contributed by atoms with Gasteiger partial charge in [0.25, 0.3) is 0 Å². The Kier molecular flexibility index (Phi) is 2.64. The summed E-state index contributed by atoms with van der Waals surface area (Å²) in [6.07, 6.45) is 0.0568. The molecule has 0 radical (unpaired) electrons. The van der Waals surface area contributed by atoms with Gasteiger partial charge in [0.1, 0.15) is 12.2 Å². The lowest BCUT2D eigenvalue weighted by Gasteiger charge is -1.97. The zero-order valence-electron chi connectivity index (χ0n) is 8.57. The van der Waals surface area contributed by atoms with E-state index in [4.69, 9.17) is 9.78 Å². The molecule has 1 heterocycles. The van der Waals surface area contributed by atoms with Crippen molar-refractivity contribution in [2.24, 2.45) is 0 Å². The van der Waals surface area contributed by atoms with E-state index < -0.39 is 0 Å². The second kappa shape index (κ2) is 4.11. The molecule has 1 aromatic carbocycles. The van der Waals surface area contributed by atoms with Crippen LogP contribution in [0.5, 0.6) is 0 Å². The minimum Gasteiger partial charge on any atom is -0.338 e. The summed E-state index contributed by atoms with van der Waals surface area (Å²) in [5.41, 5.74) is 1.33. The van der Waals surface area contributed by atoms with E-state index in [0.29, 0.717) is 11.4 Å². The van der Waals surface area contributed by atoms with Crippen molar-refractivity contribution < 1.29 is 8.91 Å². The highest BCUT2D eigenvalue weighted by atomic mass is 19.1. The zero-order chi connectivity index (χ0) is 11.5. The molecule has 0 saturated heterocycles. The minimum absolute atomic E-state index is 0.0568. The lowest BCUT2D eigenvalue weighted by molar-refractivity contribution is 0.388. The monoisotopic (exact) mass is 217 g/mol. The number of nitrogens with zero attached hydrogens (tertiary/aromatic N) is 3. The van der Waals surface area contributed by atoms with Crippen LogP contribution in [0.4, 0.5) is 4.39 Å². The Balaban J connectivity index is 2.39. The van der Waals surface area contributed by atoms with Gasteiger partial charge in [-0.05, 0) is 30.7 Å². The van der Waals surface area contributed by atoms with Crippen molar-refractivity contribution in [1.29, 1.82) is 5.26 Å². The Hall–Kier alpha value is -2.22. The van der Waals surface area contributed by atoms with E-state index in [1.54, 1.807) is 13.0 Å². The molecular formula is C11H8FN3O. The Labute approximate surface area is 91.3 Å². The highest BCUT2D eigenvalue weighted by Crippen LogP contribution is 2.18. The molecule has 0 bridgehead atoms. The first-order valence-electron chi connectivity index (χ1n) is 4.66. The number of nitriles is 1. The van der Waals surface area contributed by atoms with Gasteiger partial charge in [-0.3, -0.25) is 0 Å². The summed E-state index contributed by atoms with van der Waals surface area (Å²) < 4.78 is 18.0. The van der Waals surface area contributed by atoms with Gasteiger partial charge in [-0.25, -0.2) is 4.39 Å². The van der Waals surface area contributed by atoms with Gasteiger partial charge in [-0.2, -0.15) is 10.2 Å². The van der Waals surface area contributed by atoms with Crippen molar-refractivity contribution in [3.05, 3.63) is 35.5 Å². The molecule has 0 saturated carbocycles. The predicted octanol–water partition coefficient (Wildman–Crippen LogP) is 2.25. The fraction of sp³-hybridized carbons (Fsp3) is 0.182. The number of hydrogen-bond donors (Lipinski definition) is 0. The lowest BCUT2D eigenvalue weighted by Crippen LogP contribution is -1.86. The minimum atomic E-state index is -0.346. The summed E-state index contributed by atoms with van der Waals surface area (Å²) in [5.74, 6) is 0.189. The molecule has 0 aliphatic heterocycles. The quantitative estimate of drug-likeness (QED) is 0.773. The van der Waals surface area contributed by atoms with E-state index in [1.807, 2.05) is 6.07 Å². The Morgan fingerprint density at radius 3 is 2.94 bits per heavy atom. The van der Waals surface area contributed by atoms with E-state index in [9.17, 15) is 4.39 Å². The molecule has 2 aromatic rings. The third kappa shape index (κ3) is 2.06. The maximum Gasteiger partial charge on any atom is 0.241 e. The molecule has 0 atom stereocenters. The molecular weight excluding hydrogens is 209 g/mol. The first kappa shape index (κ1) is 10.3. The number of halogens is 1. The summed E-state index contributed by atoms with van der Waals surface area (Å²) in [7, 11) is 0. The second-order valence-corrected chi connectivity index (χ2v) is 3.36. The highest BCUT2D eigenvalue weighted by Gasteiger charge is 2.09. The normalized spacial score (nSPS) is 10.1. The van der Waals surface area contributed by atoms with E-state index >= 15 is 0 Å². The van der Waals surface area contributed by atoms with Crippen molar-refractivity contribution >= 4 is 0 Å². The molecule has 80 valence electrons. The maximum atomic E-state index is 13.1. The van der Waals surface area contributed by atoms with Crippen LogP contribution >= 0.6 is 0 Å². The van der Waals surface area contributed by atoms with Crippen LogP contribution in [0.3, 0.4) is 0 Å². The van der Waals surface area contributed by atoms with Crippen molar-refractivity contribution in [2.75, 3.05) is 0 Å². The average Bonchev–Trinajstić information content (AvgIpc) is 2.65. The maximum absolute atomic E-state index is 13.1. The molecule has 0 aliphatic rings. The van der Waals surface area contributed by atoms with Crippen molar-refractivity contribution in [3.63, 3.8) is 0 Å². The molecule has 0 N–H and O–H groups in total. The Bertz CT molecular complexity index is 536. The van der Waals surface area contributed by atoms with Crippen LogP contribution in [0.2, 0.25) is 0 Å². The first-order valence-corrected chi connectivity index (χ1v) is 4.66. The van der Waals surface area contributed by atoms with E-state index in [-0.39, 0.29) is 18.1 Å². The Morgan fingerprint density at radius 1 is 1.44 bits per heavy atom. The highest BCUT2D eigenvalue weighted by molar-refractivity contribution is 5.55. The molecule has 0 spiro atoms. The van der Waals surface area contributed by atoms with Crippen LogP contribution in [0.1, 0.15) is 11.5 Å². The molecule has 0 unspecified atom stereocenters. The molecule has 0 aliphatic carbocycles. The molecule has 4 nitrogen and oxygen atoms in total. The second-order valence-electron chi connectivity index (χ2n) is 3.36. The standard InChI is InChI=1S/C11H8FN3O/c1-7-4-8(6-9(12)5-7)11-14-10(2-3-13)16-15-11/h4-6H,2H2,1H3. The van der Waals surface area contributed by atoms with Gasteiger partial charge in [0.15, 0.2) is 0 Å². The number of rotatable bonds is 2. The fourth-order valence-electron chi connectivity index (χ4n) is 1.38. The number of aryl methyl sites for hydroxylation is 1. The third-order valence-corrected chi connectivity index (χ3v) is 2.00. The van der Waals surface area contributed by atoms with Gasteiger partial charge in [0, 0.05) is 5.56 Å². The van der Waals surface area contributed by atoms with Gasteiger partial charge < -0.3 is 4.52 Å². The van der Waals surface area contributed by atoms with E-state index in [2.05, 4.69) is 10.1 Å². The van der Waals surface area contributed by atoms with Crippen LogP contribution in [0.15, 0.2) is 22.7 Å². The number of benzene rings is 1. The molecule has 1 aromatic heterocycles. The summed E-state index contributed by atoms with van der Waals surface area (Å²) in [6.45, 7) is 1.78. The molecule has 0 fully saturated rings. The van der Waals surface area contributed by atoms with Crippen molar-refractivity contribution in [1.82, 2.24) is 10.1 Å². The average molecular weight is 217 g/mol. The topological polar surface area (TPSA) is 62.7 Å². The number of hydrogen-bond acceptors (Lipinski definition) is 4. The Morgan fingerprint density at radius 2 is 2.25 bits per heavy atom. The first-order chi connectivity index (χ1) is 7.69. The van der Waals surface area contributed by atoms with E-state index in [0.717, 1.165) is 5.56 Å². The van der Waals surface area contributed by atoms with Gasteiger partial charge in [0.2, 0.25) is 11.7 Å². The van der Waals surface area contributed by atoms with Crippen LogP contribution in [-0.2, 0) is 6.42 Å². The molecule has 0 amide bonds. The van der Waals surface area contributed by atoms with Gasteiger partial charge in [0.05, 0.1) is 6.07 Å². The SMILES string of the molecule is Cc1cc(F)cc(-c2noc(CC#N)n2)c1.